The Labute approximate surface area is 147 Å². The van der Waals surface area contributed by atoms with E-state index in [-0.39, 0.29) is 23.9 Å². The van der Waals surface area contributed by atoms with Crippen molar-refractivity contribution in [2.45, 2.75) is 32.7 Å². The van der Waals surface area contributed by atoms with Crippen LogP contribution in [0.15, 0.2) is 42.7 Å². The molecule has 1 saturated carbocycles. The van der Waals surface area contributed by atoms with E-state index in [0.717, 1.165) is 35.3 Å². The standard InChI is InChI=1S/C19H22N4O2/c1-12-11-20-10-9-17(12)23-19(25)21-13(2)14-5-7-16(8-6-14)22-18(24)15-3-4-15/h5-11,13,15H,3-4H2,1-2H3,(H,22,24)(H2,20,21,23,25)/t13-/m0/s1. The van der Waals surface area contributed by atoms with Gasteiger partial charge in [-0.3, -0.25) is 9.78 Å². The maximum Gasteiger partial charge on any atom is 0.319 e. The lowest BCUT2D eigenvalue weighted by atomic mass is 10.1. The van der Waals surface area contributed by atoms with Crippen LogP contribution in [0.1, 0.15) is 36.9 Å². The number of hydrogen-bond acceptors (Lipinski definition) is 3. The van der Waals surface area contributed by atoms with Crippen LogP contribution >= 0.6 is 0 Å². The minimum atomic E-state index is -0.270. The van der Waals surface area contributed by atoms with Gasteiger partial charge in [-0.25, -0.2) is 4.79 Å². The molecule has 0 spiro atoms. The molecule has 1 fully saturated rings. The number of aryl methyl sites for hydroxylation is 1. The number of rotatable bonds is 5. The van der Waals surface area contributed by atoms with Crippen molar-refractivity contribution in [3.63, 3.8) is 0 Å². The topological polar surface area (TPSA) is 83.1 Å². The molecule has 25 heavy (non-hydrogen) atoms. The highest BCUT2D eigenvalue weighted by Gasteiger charge is 2.29. The van der Waals surface area contributed by atoms with Gasteiger partial charge in [0.25, 0.3) is 0 Å². The van der Waals surface area contributed by atoms with E-state index in [2.05, 4.69) is 20.9 Å². The van der Waals surface area contributed by atoms with Gasteiger partial charge in [0.1, 0.15) is 0 Å². The molecule has 6 nitrogen and oxygen atoms in total. The van der Waals surface area contributed by atoms with Crippen molar-refractivity contribution in [2.24, 2.45) is 5.92 Å². The second-order valence-electron chi connectivity index (χ2n) is 6.40. The molecule has 2 aromatic rings. The lowest BCUT2D eigenvalue weighted by Gasteiger charge is -2.16. The highest BCUT2D eigenvalue weighted by molar-refractivity contribution is 5.94. The van der Waals surface area contributed by atoms with Crippen molar-refractivity contribution >= 4 is 23.3 Å². The van der Waals surface area contributed by atoms with Crippen LogP contribution in [0.4, 0.5) is 16.2 Å². The zero-order valence-electron chi connectivity index (χ0n) is 14.4. The van der Waals surface area contributed by atoms with Gasteiger partial charge in [0.2, 0.25) is 5.91 Å². The average Bonchev–Trinajstić information content (AvgIpc) is 3.42. The van der Waals surface area contributed by atoms with Gasteiger partial charge < -0.3 is 16.0 Å². The molecule has 0 saturated heterocycles. The Bertz CT molecular complexity index is 769. The second-order valence-corrected chi connectivity index (χ2v) is 6.40. The third-order valence-corrected chi connectivity index (χ3v) is 4.24. The number of aromatic nitrogens is 1. The Morgan fingerprint density at radius 2 is 1.84 bits per heavy atom. The Kier molecular flexibility index (Phi) is 4.97. The molecule has 1 aliphatic rings. The third kappa shape index (κ3) is 4.56. The van der Waals surface area contributed by atoms with E-state index in [0.29, 0.717) is 0 Å². The lowest BCUT2D eigenvalue weighted by Crippen LogP contribution is -2.31. The molecule has 130 valence electrons. The van der Waals surface area contributed by atoms with E-state index in [1.165, 1.54) is 0 Å². The zero-order chi connectivity index (χ0) is 17.8. The number of pyridine rings is 1. The van der Waals surface area contributed by atoms with E-state index >= 15 is 0 Å². The number of carbonyl (C=O) groups is 2. The number of hydrogen-bond donors (Lipinski definition) is 3. The van der Waals surface area contributed by atoms with Crippen LogP contribution in [0, 0.1) is 12.8 Å². The maximum absolute atomic E-state index is 12.1. The summed E-state index contributed by atoms with van der Waals surface area (Å²) >= 11 is 0. The summed E-state index contributed by atoms with van der Waals surface area (Å²) in [4.78, 5) is 27.9. The first kappa shape index (κ1) is 17.0. The van der Waals surface area contributed by atoms with Crippen LogP contribution in [-0.2, 0) is 4.79 Å². The van der Waals surface area contributed by atoms with Crippen LogP contribution in [0.5, 0.6) is 0 Å². The van der Waals surface area contributed by atoms with Crippen LogP contribution < -0.4 is 16.0 Å². The second kappa shape index (κ2) is 7.34. The fourth-order valence-corrected chi connectivity index (χ4v) is 2.50. The number of nitrogens with zero attached hydrogens (tertiary/aromatic N) is 1. The fourth-order valence-electron chi connectivity index (χ4n) is 2.50. The molecule has 3 rings (SSSR count). The summed E-state index contributed by atoms with van der Waals surface area (Å²) in [5, 5.41) is 8.63. The van der Waals surface area contributed by atoms with Gasteiger partial charge >= 0.3 is 6.03 Å². The predicted octanol–water partition coefficient (Wildman–Crippen LogP) is 3.62. The van der Waals surface area contributed by atoms with Crippen molar-refractivity contribution in [1.82, 2.24) is 10.3 Å². The highest BCUT2D eigenvalue weighted by Crippen LogP contribution is 2.30. The van der Waals surface area contributed by atoms with Crippen molar-refractivity contribution in [3.8, 4) is 0 Å². The zero-order valence-corrected chi connectivity index (χ0v) is 14.4. The van der Waals surface area contributed by atoms with E-state index < -0.39 is 0 Å². The van der Waals surface area contributed by atoms with Crippen LogP contribution in [0.25, 0.3) is 0 Å². The molecule has 3 N–H and O–H groups in total. The first-order chi connectivity index (χ1) is 12.0. The first-order valence-electron chi connectivity index (χ1n) is 8.42. The first-order valence-corrected chi connectivity index (χ1v) is 8.42. The van der Waals surface area contributed by atoms with E-state index in [4.69, 9.17) is 0 Å². The van der Waals surface area contributed by atoms with Gasteiger partial charge in [-0.2, -0.15) is 0 Å². The maximum atomic E-state index is 12.1. The van der Waals surface area contributed by atoms with Crippen molar-refractivity contribution in [1.29, 1.82) is 0 Å². The molecule has 1 atom stereocenters. The molecule has 6 heteroatoms. The molecule has 1 aromatic carbocycles. The SMILES string of the molecule is Cc1cnccc1NC(=O)N[C@@H](C)c1ccc(NC(=O)C2CC2)cc1. The molecular weight excluding hydrogens is 316 g/mol. The number of benzene rings is 1. The van der Waals surface area contributed by atoms with Gasteiger partial charge in [-0.15, -0.1) is 0 Å². The lowest BCUT2D eigenvalue weighted by molar-refractivity contribution is -0.117. The largest absolute Gasteiger partial charge is 0.331 e. The monoisotopic (exact) mass is 338 g/mol. The summed E-state index contributed by atoms with van der Waals surface area (Å²) in [5.74, 6) is 0.270. The molecule has 3 amide bonds. The van der Waals surface area contributed by atoms with Gasteiger partial charge in [-0.1, -0.05) is 12.1 Å². The predicted molar refractivity (Wildman–Crippen MR) is 97.3 cm³/mol. The van der Waals surface area contributed by atoms with E-state index in [1.807, 2.05) is 38.1 Å². The third-order valence-electron chi connectivity index (χ3n) is 4.24. The number of amides is 3. The van der Waals surface area contributed by atoms with E-state index in [9.17, 15) is 9.59 Å². The normalized spacial score (nSPS) is 14.5. The molecule has 1 aromatic heterocycles. The highest BCUT2D eigenvalue weighted by atomic mass is 16.2. The summed E-state index contributed by atoms with van der Waals surface area (Å²) in [7, 11) is 0. The molecule has 1 aliphatic carbocycles. The van der Waals surface area contributed by atoms with Crippen LogP contribution in [0.2, 0.25) is 0 Å². The molecular formula is C19H22N4O2. The van der Waals surface area contributed by atoms with Gasteiger partial charge in [0, 0.05) is 29.7 Å². The number of anilines is 2. The van der Waals surface area contributed by atoms with Crippen molar-refractivity contribution < 1.29 is 9.59 Å². The van der Waals surface area contributed by atoms with E-state index in [1.54, 1.807) is 18.5 Å². The van der Waals surface area contributed by atoms with Gasteiger partial charge in [0.15, 0.2) is 0 Å². The number of carbonyl (C=O) groups excluding carboxylic acids is 2. The van der Waals surface area contributed by atoms with Crippen LogP contribution in [-0.4, -0.2) is 16.9 Å². The summed E-state index contributed by atoms with van der Waals surface area (Å²) < 4.78 is 0. The number of urea groups is 1. The molecule has 0 unspecified atom stereocenters. The molecule has 0 bridgehead atoms. The molecule has 0 aliphatic heterocycles. The Morgan fingerprint density at radius 3 is 2.48 bits per heavy atom. The minimum Gasteiger partial charge on any atom is -0.331 e. The Hall–Kier alpha value is -2.89. The van der Waals surface area contributed by atoms with Crippen molar-refractivity contribution in [2.75, 3.05) is 10.6 Å². The molecule has 0 radical (unpaired) electrons. The fraction of sp³-hybridized carbons (Fsp3) is 0.316. The van der Waals surface area contributed by atoms with Gasteiger partial charge in [-0.05, 0) is 56.0 Å². The summed E-state index contributed by atoms with van der Waals surface area (Å²) in [5.41, 5.74) is 3.38. The average molecular weight is 338 g/mol. The van der Waals surface area contributed by atoms with Gasteiger partial charge in [0.05, 0.1) is 6.04 Å². The van der Waals surface area contributed by atoms with Crippen molar-refractivity contribution in [3.05, 3.63) is 53.9 Å². The Morgan fingerprint density at radius 1 is 1.12 bits per heavy atom. The minimum absolute atomic E-state index is 0.0889. The Balaban J connectivity index is 1.55. The quantitative estimate of drug-likeness (QED) is 0.778. The summed E-state index contributed by atoms with van der Waals surface area (Å²) in [6.07, 6.45) is 5.31. The summed E-state index contributed by atoms with van der Waals surface area (Å²) in [6.45, 7) is 3.80. The smallest absolute Gasteiger partial charge is 0.319 e. The molecule has 1 heterocycles. The van der Waals surface area contributed by atoms with Crippen LogP contribution in [0.3, 0.4) is 0 Å². The summed E-state index contributed by atoms with van der Waals surface area (Å²) in [6, 6.07) is 8.87. The number of nitrogens with one attached hydrogen (secondary N) is 3.